The number of hydrogen-bond acceptors (Lipinski definition) is 4. The van der Waals surface area contributed by atoms with Crippen molar-refractivity contribution >= 4 is 17.8 Å². The first kappa shape index (κ1) is 19.4. The smallest absolute Gasteiger partial charge is 0.303 e. The zero-order chi connectivity index (χ0) is 18.2. The molecular formula is C18H28N2O5. The number of hydrogen-bond donors (Lipinski definition) is 3. The molecule has 2 aliphatic rings. The van der Waals surface area contributed by atoms with Crippen molar-refractivity contribution in [1.82, 2.24) is 5.32 Å². The molecule has 7 nitrogen and oxygen atoms in total. The average molecular weight is 352 g/mol. The lowest BCUT2D eigenvalue weighted by Gasteiger charge is -2.27. The Kier molecular flexibility index (Phi) is 7.43. The Morgan fingerprint density at radius 3 is 2.48 bits per heavy atom. The van der Waals surface area contributed by atoms with Crippen LogP contribution >= 0.6 is 0 Å². The predicted octanol–water partition coefficient (Wildman–Crippen LogP) is 1.36. The summed E-state index contributed by atoms with van der Waals surface area (Å²) in [6.07, 6.45) is 9.40. The van der Waals surface area contributed by atoms with E-state index in [2.05, 4.69) is 11.4 Å². The van der Waals surface area contributed by atoms with Gasteiger partial charge in [0.05, 0.1) is 12.2 Å². The second kappa shape index (κ2) is 9.56. The summed E-state index contributed by atoms with van der Waals surface area (Å²) in [4.78, 5) is 33.0. The van der Waals surface area contributed by atoms with Crippen molar-refractivity contribution in [3.63, 3.8) is 0 Å². The Morgan fingerprint density at radius 2 is 1.80 bits per heavy atom. The van der Waals surface area contributed by atoms with Gasteiger partial charge in [-0.1, -0.05) is 12.2 Å². The summed E-state index contributed by atoms with van der Waals surface area (Å²) >= 11 is 0. The zero-order valence-electron chi connectivity index (χ0n) is 14.5. The van der Waals surface area contributed by atoms with Crippen molar-refractivity contribution in [2.75, 3.05) is 6.54 Å². The Bertz CT molecular complexity index is 520. The molecule has 0 aromatic heterocycles. The third-order valence-corrected chi connectivity index (χ3v) is 5.06. The van der Waals surface area contributed by atoms with E-state index in [1.54, 1.807) is 0 Å². The molecule has 2 heterocycles. The van der Waals surface area contributed by atoms with E-state index in [0.717, 1.165) is 25.7 Å². The van der Waals surface area contributed by atoms with Gasteiger partial charge in [-0.05, 0) is 38.0 Å². The summed E-state index contributed by atoms with van der Waals surface area (Å²) in [7, 11) is 0. The first-order valence-corrected chi connectivity index (χ1v) is 9.04. The van der Waals surface area contributed by atoms with Gasteiger partial charge < -0.3 is 20.9 Å². The van der Waals surface area contributed by atoms with Crippen LogP contribution in [0.25, 0.3) is 0 Å². The lowest BCUT2D eigenvalue weighted by atomic mass is 9.77. The first-order chi connectivity index (χ1) is 12.0. The van der Waals surface area contributed by atoms with Crippen LogP contribution in [0.4, 0.5) is 0 Å². The third kappa shape index (κ3) is 6.16. The van der Waals surface area contributed by atoms with Gasteiger partial charge in [-0.2, -0.15) is 0 Å². The number of nitrogens with two attached hydrogens (primary N) is 1. The maximum atomic E-state index is 11.8. The molecule has 25 heavy (non-hydrogen) atoms. The highest BCUT2D eigenvalue weighted by atomic mass is 16.5. The quantitative estimate of drug-likeness (QED) is 0.383. The standard InChI is InChI=1S/C18H28N2O5/c19-16(21)9-10-17(22)20-11-13-12(14-7-8-15(13)25-14)5-3-1-2-4-6-18(23)24/h1,3,12-15H,2,4-11H2,(H2,19,21)(H,20,22)(H,23,24)/t12-,13+,14-,15+/m1/s1. The molecule has 2 aliphatic heterocycles. The average Bonchev–Trinajstić information content (AvgIpc) is 3.15. The summed E-state index contributed by atoms with van der Waals surface area (Å²) in [6.45, 7) is 0.566. The fourth-order valence-electron chi connectivity index (χ4n) is 3.78. The zero-order valence-corrected chi connectivity index (χ0v) is 14.5. The molecule has 4 N–H and O–H groups in total. The lowest BCUT2D eigenvalue weighted by molar-refractivity contribution is -0.137. The van der Waals surface area contributed by atoms with E-state index in [-0.39, 0.29) is 37.4 Å². The van der Waals surface area contributed by atoms with Crippen LogP contribution in [0, 0.1) is 11.8 Å². The van der Waals surface area contributed by atoms with E-state index in [1.807, 2.05) is 6.08 Å². The number of amides is 2. The molecule has 0 unspecified atom stereocenters. The number of fused-ring (bicyclic) bond motifs is 2. The molecule has 7 heteroatoms. The SMILES string of the molecule is NC(=O)CCC(=O)NC[C@H]1[C@@H](CC=CCCCC(=O)O)[C@H]2CC[C@@H]1O2. The topological polar surface area (TPSA) is 119 Å². The minimum atomic E-state index is -0.762. The molecule has 2 bridgehead atoms. The highest BCUT2D eigenvalue weighted by Crippen LogP contribution is 2.44. The minimum Gasteiger partial charge on any atom is -0.481 e. The van der Waals surface area contributed by atoms with Crippen LogP contribution in [0.15, 0.2) is 12.2 Å². The van der Waals surface area contributed by atoms with Crippen LogP contribution in [0.3, 0.4) is 0 Å². The number of rotatable bonds is 11. The van der Waals surface area contributed by atoms with Crippen LogP contribution in [-0.4, -0.2) is 41.6 Å². The summed E-state index contributed by atoms with van der Waals surface area (Å²) in [5.41, 5.74) is 5.06. The van der Waals surface area contributed by atoms with Crippen LogP contribution in [0.2, 0.25) is 0 Å². The molecule has 0 aromatic carbocycles. The summed E-state index contributed by atoms with van der Waals surface area (Å²) in [6, 6.07) is 0. The fourth-order valence-corrected chi connectivity index (χ4v) is 3.78. The Labute approximate surface area is 148 Å². The number of aliphatic carboxylic acids is 1. The second-order valence-corrected chi connectivity index (χ2v) is 6.88. The van der Waals surface area contributed by atoms with Gasteiger partial charge >= 0.3 is 5.97 Å². The van der Waals surface area contributed by atoms with Gasteiger partial charge in [-0.15, -0.1) is 0 Å². The number of primary amides is 1. The predicted molar refractivity (Wildman–Crippen MR) is 91.6 cm³/mol. The largest absolute Gasteiger partial charge is 0.481 e. The second-order valence-electron chi connectivity index (χ2n) is 6.88. The van der Waals surface area contributed by atoms with Gasteiger partial charge in [0.2, 0.25) is 11.8 Å². The van der Waals surface area contributed by atoms with Crippen LogP contribution < -0.4 is 11.1 Å². The van der Waals surface area contributed by atoms with Gasteiger partial charge in [0.25, 0.3) is 0 Å². The monoisotopic (exact) mass is 352 g/mol. The fraction of sp³-hybridized carbons (Fsp3) is 0.722. The first-order valence-electron chi connectivity index (χ1n) is 9.04. The summed E-state index contributed by atoms with van der Waals surface area (Å²) in [5, 5.41) is 11.5. The van der Waals surface area contributed by atoms with Crippen molar-refractivity contribution in [3.8, 4) is 0 Å². The molecular weight excluding hydrogens is 324 g/mol. The van der Waals surface area contributed by atoms with Crippen molar-refractivity contribution in [1.29, 1.82) is 0 Å². The number of ether oxygens (including phenoxy) is 1. The van der Waals surface area contributed by atoms with E-state index in [4.69, 9.17) is 15.6 Å². The van der Waals surface area contributed by atoms with Gasteiger partial charge in [-0.3, -0.25) is 14.4 Å². The number of carbonyl (C=O) groups is 3. The molecule has 4 atom stereocenters. The normalized spacial score (nSPS) is 27.7. The number of allylic oxidation sites excluding steroid dienone is 2. The van der Waals surface area contributed by atoms with E-state index in [9.17, 15) is 14.4 Å². The van der Waals surface area contributed by atoms with Crippen LogP contribution in [0.1, 0.15) is 51.4 Å². The molecule has 0 aliphatic carbocycles. The maximum absolute atomic E-state index is 11.8. The van der Waals surface area contributed by atoms with Crippen LogP contribution in [-0.2, 0) is 19.1 Å². The molecule has 2 saturated heterocycles. The highest BCUT2D eigenvalue weighted by Gasteiger charge is 2.47. The Morgan fingerprint density at radius 1 is 1.08 bits per heavy atom. The number of unbranched alkanes of at least 4 members (excludes halogenated alkanes) is 1. The molecule has 2 rings (SSSR count). The molecule has 140 valence electrons. The summed E-state index contributed by atoms with van der Waals surface area (Å²) < 4.78 is 6.00. The Hall–Kier alpha value is -1.89. The number of carbonyl (C=O) groups excluding carboxylic acids is 2. The van der Waals surface area contributed by atoms with Gasteiger partial charge in [0.15, 0.2) is 0 Å². The molecule has 0 spiro atoms. The minimum absolute atomic E-state index is 0.0710. The summed E-state index contributed by atoms with van der Waals surface area (Å²) in [5.74, 6) is -0.707. The van der Waals surface area contributed by atoms with E-state index >= 15 is 0 Å². The Balaban J connectivity index is 1.74. The van der Waals surface area contributed by atoms with Gasteiger partial charge in [-0.25, -0.2) is 0 Å². The van der Waals surface area contributed by atoms with Gasteiger partial charge in [0.1, 0.15) is 0 Å². The number of carboxylic acids is 1. The molecule has 0 radical (unpaired) electrons. The van der Waals surface area contributed by atoms with Crippen molar-refractivity contribution in [2.24, 2.45) is 17.6 Å². The molecule has 2 fully saturated rings. The lowest BCUT2D eigenvalue weighted by Crippen LogP contribution is -2.38. The maximum Gasteiger partial charge on any atom is 0.303 e. The van der Waals surface area contributed by atoms with Crippen LogP contribution in [0.5, 0.6) is 0 Å². The number of carboxylic acid groups (broad SMARTS) is 1. The van der Waals surface area contributed by atoms with E-state index in [1.165, 1.54) is 0 Å². The van der Waals surface area contributed by atoms with E-state index in [0.29, 0.717) is 24.8 Å². The molecule has 0 aromatic rings. The molecule has 2 amide bonds. The van der Waals surface area contributed by atoms with Crippen molar-refractivity contribution < 1.29 is 24.2 Å². The molecule has 0 saturated carbocycles. The van der Waals surface area contributed by atoms with E-state index < -0.39 is 11.9 Å². The van der Waals surface area contributed by atoms with Crippen molar-refractivity contribution in [2.45, 2.75) is 63.6 Å². The number of nitrogens with one attached hydrogen (secondary N) is 1. The third-order valence-electron chi connectivity index (χ3n) is 5.06. The van der Waals surface area contributed by atoms with Crippen molar-refractivity contribution in [3.05, 3.63) is 12.2 Å². The highest BCUT2D eigenvalue weighted by molar-refractivity contribution is 5.82. The van der Waals surface area contributed by atoms with Gasteiger partial charge in [0, 0.05) is 31.7 Å².